The van der Waals surface area contributed by atoms with Gasteiger partial charge in [-0.15, -0.1) is 18.3 Å². The summed E-state index contributed by atoms with van der Waals surface area (Å²) in [5, 5.41) is 0. The maximum absolute atomic E-state index is 5.47. The van der Waals surface area contributed by atoms with Crippen LogP contribution in [0.25, 0.3) is 0 Å². The van der Waals surface area contributed by atoms with Gasteiger partial charge in [-0.3, -0.25) is 0 Å². The van der Waals surface area contributed by atoms with Crippen LogP contribution in [0.2, 0.25) is 0 Å². The topological polar surface area (TPSA) is 12.5 Å². The smallest absolute Gasteiger partial charge is 0.104 e. The number of hydrogen-bond acceptors (Lipinski definition) is 2. The number of rotatable bonds is 5. The fraction of sp³-hybridized carbons (Fsp3) is 0.333. The number of benzene rings is 1. The Morgan fingerprint density at radius 3 is 2.71 bits per heavy atom. The van der Waals surface area contributed by atoms with E-state index < -0.39 is 0 Å². The highest BCUT2D eigenvalue weighted by Gasteiger charge is 2.43. The van der Waals surface area contributed by atoms with Crippen molar-refractivity contribution < 1.29 is 4.74 Å². The molecule has 0 bridgehead atoms. The lowest BCUT2D eigenvalue weighted by Gasteiger charge is -2.08. The zero-order valence-electron chi connectivity index (χ0n) is 8.11. The Morgan fingerprint density at radius 2 is 2.14 bits per heavy atom. The highest BCUT2D eigenvalue weighted by molar-refractivity contribution is 7.99. The average Bonchev–Trinajstić information content (AvgIpc) is 2.98. The van der Waals surface area contributed by atoms with Gasteiger partial charge in [-0.25, -0.2) is 0 Å². The third-order valence-corrected chi connectivity index (χ3v) is 3.59. The SMILES string of the molecule is C=CCC1(CSc2ccccc2)CO1. The van der Waals surface area contributed by atoms with Crippen LogP contribution in [0.4, 0.5) is 0 Å². The van der Waals surface area contributed by atoms with E-state index in [4.69, 9.17) is 4.74 Å². The third-order valence-electron chi connectivity index (χ3n) is 2.31. The molecule has 1 aliphatic rings. The standard InChI is InChI=1S/C12H14OS/c1-2-8-12(9-13-12)10-14-11-6-4-3-5-7-11/h2-7H,1,8-10H2. The predicted molar refractivity (Wildman–Crippen MR) is 60.7 cm³/mol. The Labute approximate surface area is 89.2 Å². The van der Waals surface area contributed by atoms with Crippen LogP contribution in [-0.2, 0) is 4.74 Å². The fourth-order valence-electron chi connectivity index (χ4n) is 1.36. The van der Waals surface area contributed by atoms with Gasteiger partial charge in [0.05, 0.1) is 6.61 Å². The van der Waals surface area contributed by atoms with Crippen molar-refractivity contribution in [2.75, 3.05) is 12.4 Å². The number of ether oxygens (including phenoxy) is 1. The first-order chi connectivity index (χ1) is 6.85. The van der Waals surface area contributed by atoms with Crippen LogP contribution in [-0.4, -0.2) is 18.0 Å². The Kier molecular flexibility index (Phi) is 2.94. The van der Waals surface area contributed by atoms with Crippen LogP contribution in [0, 0.1) is 0 Å². The van der Waals surface area contributed by atoms with E-state index in [9.17, 15) is 0 Å². The van der Waals surface area contributed by atoms with Crippen molar-refractivity contribution in [2.24, 2.45) is 0 Å². The number of thioether (sulfide) groups is 1. The Morgan fingerprint density at radius 1 is 1.43 bits per heavy atom. The van der Waals surface area contributed by atoms with Crippen LogP contribution in [0.3, 0.4) is 0 Å². The minimum absolute atomic E-state index is 0.0995. The molecule has 0 spiro atoms. The van der Waals surface area contributed by atoms with Crippen molar-refractivity contribution in [3.05, 3.63) is 43.0 Å². The molecule has 0 aromatic heterocycles. The van der Waals surface area contributed by atoms with Crippen molar-refractivity contribution in [1.82, 2.24) is 0 Å². The molecule has 0 amide bonds. The molecule has 0 saturated carbocycles. The first-order valence-corrected chi connectivity index (χ1v) is 5.76. The van der Waals surface area contributed by atoms with Gasteiger partial charge in [0, 0.05) is 10.6 Å². The van der Waals surface area contributed by atoms with Crippen molar-refractivity contribution in [2.45, 2.75) is 16.9 Å². The lowest BCUT2D eigenvalue weighted by Crippen LogP contribution is -2.12. The molecule has 1 fully saturated rings. The summed E-state index contributed by atoms with van der Waals surface area (Å²) in [7, 11) is 0. The molecule has 1 aromatic rings. The maximum atomic E-state index is 5.47. The van der Waals surface area contributed by atoms with Crippen molar-refractivity contribution in [3.63, 3.8) is 0 Å². The van der Waals surface area contributed by atoms with Gasteiger partial charge in [-0.1, -0.05) is 24.3 Å². The Bertz CT molecular complexity index is 303. The van der Waals surface area contributed by atoms with Crippen LogP contribution < -0.4 is 0 Å². The van der Waals surface area contributed by atoms with Gasteiger partial charge in [0.2, 0.25) is 0 Å². The van der Waals surface area contributed by atoms with E-state index in [-0.39, 0.29) is 5.60 Å². The monoisotopic (exact) mass is 206 g/mol. The largest absolute Gasteiger partial charge is 0.368 e. The Hall–Kier alpha value is -0.730. The van der Waals surface area contributed by atoms with Gasteiger partial charge in [-0.2, -0.15) is 0 Å². The zero-order valence-corrected chi connectivity index (χ0v) is 8.93. The normalized spacial score (nSPS) is 24.6. The molecular formula is C12H14OS. The molecule has 2 heteroatoms. The Balaban J connectivity index is 1.86. The second kappa shape index (κ2) is 4.20. The molecule has 1 aromatic carbocycles. The minimum Gasteiger partial charge on any atom is -0.368 e. The zero-order chi connectivity index (χ0) is 9.86. The molecule has 1 saturated heterocycles. The van der Waals surface area contributed by atoms with Gasteiger partial charge < -0.3 is 4.74 Å². The van der Waals surface area contributed by atoms with Gasteiger partial charge in [0.1, 0.15) is 5.60 Å². The summed E-state index contributed by atoms with van der Waals surface area (Å²) in [4.78, 5) is 1.31. The van der Waals surface area contributed by atoms with Crippen molar-refractivity contribution in [1.29, 1.82) is 0 Å². The van der Waals surface area contributed by atoms with Crippen LogP contribution in [0.15, 0.2) is 47.9 Å². The summed E-state index contributed by atoms with van der Waals surface area (Å²) >= 11 is 1.86. The maximum Gasteiger partial charge on any atom is 0.104 e. The van der Waals surface area contributed by atoms with Crippen LogP contribution in [0.1, 0.15) is 6.42 Å². The highest BCUT2D eigenvalue weighted by atomic mass is 32.2. The summed E-state index contributed by atoms with van der Waals surface area (Å²) < 4.78 is 5.47. The average molecular weight is 206 g/mol. The molecule has 2 rings (SSSR count). The van der Waals surface area contributed by atoms with E-state index in [0.717, 1.165) is 18.8 Å². The molecule has 14 heavy (non-hydrogen) atoms. The summed E-state index contributed by atoms with van der Waals surface area (Å²) in [6, 6.07) is 10.4. The lowest BCUT2D eigenvalue weighted by molar-refractivity contribution is 0.330. The van der Waals surface area contributed by atoms with E-state index in [1.807, 2.05) is 23.9 Å². The van der Waals surface area contributed by atoms with E-state index in [1.165, 1.54) is 4.90 Å². The quantitative estimate of drug-likeness (QED) is 0.417. The fourth-order valence-corrected chi connectivity index (χ4v) is 2.42. The van der Waals surface area contributed by atoms with E-state index >= 15 is 0 Å². The summed E-state index contributed by atoms with van der Waals surface area (Å²) in [6.45, 7) is 4.64. The summed E-state index contributed by atoms with van der Waals surface area (Å²) in [5.41, 5.74) is 0.0995. The molecule has 1 unspecified atom stereocenters. The second-order valence-electron chi connectivity index (χ2n) is 3.57. The molecule has 0 N–H and O–H groups in total. The minimum atomic E-state index is 0.0995. The summed E-state index contributed by atoms with van der Waals surface area (Å²) in [6.07, 6.45) is 2.91. The van der Waals surface area contributed by atoms with E-state index in [1.54, 1.807) is 0 Å². The van der Waals surface area contributed by atoms with Gasteiger partial charge in [0.25, 0.3) is 0 Å². The van der Waals surface area contributed by atoms with Crippen molar-refractivity contribution in [3.8, 4) is 0 Å². The molecule has 1 atom stereocenters. The molecule has 1 aliphatic heterocycles. The molecule has 1 nitrogen and oxygen atoms in total. The van der Waals surface area contributed by atoms with Gasteiger partial charge in [0.15, 0.2) is 0 Å². The second-order valence-corrected chi connectivity index (χ2v) is 4.61. The van der Waals surface area contributed by atoms with Crippen molar-refractivity contribution >= 4 is 11.8 Å². The van der Waals surface area contributed by atoms with E-state index in [2.05, 4.69) is 30.8 Å². The molecule has 0 radical (unpaired) electrons. The number of hydrogen-bond donors (Lipinski definition) is 0. The molecular weight excluding hydrogens is 192 g/mol. The molecule has 0 aliphatic carbocycles. The third kappa shape index (κ3) is 2.40. The highest BCUT2D eigenvalue weighted by Crippen LogP contribution is 2.36. The summed E-state index contributed by atoms with van der Waals surface area (Å²) in [5.74, 6) is 1.03. The van der Waals surface area contributed by atoms with Crippen LogP contribution in [0.5, 0.6) is 0 Å². The molecule has 1 heterocycles. The predicted octanol–water partition coefficient (Wildman–Crippen LogP) is 3.12. The van der Waals surface area contributed by atoms with Gasteiger partial charge in [-0.05, 0) is 18.6 Å². The van der Waals surface area contributed by atoms with Gasteiger partial charge >= 0.3 is 0 Å². The first-order valence-electron chi connectivity index (χ1n) is 4.77. The van der Waals surface area contributed by atoms with E-state index in [0.29, 0.717) is 0 Å². The van der Waals surface area contributed by atoms with Crippen LogP contribution >= 0.6 is 11.8 Å². The number of epoxide rings is 1. The first kappa shape index (κ1) is 9.81. The lowest BCUT2D eigenvalue weighted by atomic mass is 10.1. The molecule has 74 valence electrons.